The van der Waals surface area contributed by atoms with Gasteiger partial charge in [0.15, 0.2) is 0 Å². The molecule has 0 heterocycles. The van der Waals surface area contributed by atoms with Crippen LogP contribution in [0.1, 0.15) is 5.56 Å². The highest BCUT2D eigenvalue weighted by Crippen LogP contribution is 2.28. The summed E-state index contributed by atoms with van der Waals surface area (Å²) in [6.45, 7) is 0. The van der Waals surface area contributed by atoms with Crippen LogP contribution in [-0.4, -0.2) is 0 Å². The van der Waals surface area contributed by atoms with Gasteiger partial charge in [0.2, 0.25) is 0 Å². The molecule has 4 rings (SSSR count). The van der Waals surface area contributed by atoms with E-state index < -0.39 is 0 Å². The standard InChI is InChI=1S/C19H14S/c20-12-13-5-6-16-10-18-8-14-3-1-2-4-15(14)9-19(18)11-17(16)7-13/h1-11,20H,12H2. The zero-order valence-corrected chi connectivity index (χ0v) is 11.9. The van der Waals surface area contributed by atoms with Crippen LogP contribution in [0, 0.1) is 0 Å². The second-order valence-corrected chi connectivity index (χ2v) is 5.55. The molecule has 1 heteroatoms. The van der Waals surface area contributed by atoms with Crippen LogP contribution in [0.25, 0.3) is 32.3 Å². The van der Waals surface area contributed by atoms with Crippen LogP contribution >= 0.6 is 12.6 Å². The molecule has 0 aliphatic rings. The molecule has 0 aliphatic carbocycles. The fourth-order valence-electron chi connectivity index (χ4n) is 2.84. The fraction of sp³-hybridized carbons (Fsp3) is 0.0526. The minimum absolute atomic E-state index is 0.783. The number of benzene rings is 4. The van der Waals surface area contributed by atoms with Crippen molar-refractivity contribution in [2.75, 3.05) is 0 Å². The summed E-state index contributed by atoms with van der Waals surface area (Å²) in [4.78, 5) is 0. The molecule has 4 aromatic rings. The lowest BCUT2D eigenvalue weighted by atomic mass is 9.99. The Kier molecular flexibility index (Phi) is 2.68. The molecular weight excluding hydrogens is 260 g/mol. The van der Waals surface area contributed by atoms with Crippen molar-refractivity contribution >= 4 is 44.9 Å². The summed E-state index contributed by atoms with van der Waals surface area (Å²) in [6.07, 6.45) is 0. The van der Waals surface area contributed by atoms with Gasteiger partial charge in [0.05, 0.1) is 0 Å². The van der Waals surface area contributed by atoms with Crippen molar-refractivity contribution in [3.8, 4) is 0 Å². The van der Waals surface area contributed by atoms with E-state index in [2.05, 4.69) is 79.4 Å². The molecule has 0 saturated heterocycles. The number of rotatable bonds is 1. The van der Waals surface area contributed by atoms with Crippen molar-refractivity contribution in [1.82, 2.24) is 0 Å². The average molecular weight is 274 g/mol. The van der Waals surface area contributed by atoms with E-state index >= 15 is 0 Å². The van der Waals surface area contributed by atoms with Gasteiger partial charge in [-0.2, -0.15) is 12.6 Å². The van der Waals surface area contributed by atoms with Crippen LogP contribution in [0.5, 0.6) is 0 Å². The molecule has 0 saturated carbocycles. The van der Waals surface area contributed by atoms with Crippen molar-refractivity contribution in [1.29, 1.82) is 0 Å². The highest BCUT2D eigenvalue weighted by atomic mass is 32.1. The molecule has 0 nitrogen and oxygen atoms in total. The lowest BCUT2D eigenvalue weighted by Gasteiger charge is -2.06. The lowest BCUT2D eigenvalue weighted by Crippen LogP contribution is -1.81. The Hall–Kier alpha value is -1.99. The SMILES string of the molecule is SCc1ccc2cc3cc4ccccc4cc3cc2c1. The van der Waals surface area contributed by atoms with Crippen molar-refractivity contribution in [2.45, 2.75) is 5.75 Å². The summed E-state index contributed by atoms with van der Waals surface area (Å²) >= 11 is 4.36. The molecule has 0 N–H and O–H groups in total. The van der Waals surface area contributed by atoms with Crippen molar-refractivity contribution in [3.05, 3.63) is 72.3 Å². The molecule has 0 fully saturated rings. The van der Waals surface area contributed by atoms with Gasteiger partial charge in [-0.3, -0.25) is 0 Å². The number of thiol groups is 1. The van der Waals surface area contributed by atoms with Gasteiger partial charge in [0.1, 0.15) is 0 Å². The first-order chi connectivity index (χ1) is 9.83. The maximum Gasteiger partial charge on any atom is 0.0154 e. The summed E-state index contributed by atoms with van der Waals surface area (Å²) in [5.41, 5.74) is 1.26. The monoisotopic (exact) mass is 274 g/mol. The summed E-state index contributed by atoms with van der Waals surface area (Å²) in [5.74, 6) is 0.783. The van der Waals surface area contributed by atoms with E-state index in [9.17, 15) is 0 Å². The van der Waals surface area contributed by atoms with Crippen LogP contribution in [0.2, 0.25) is 0 Å². The number of hydrogen-bond acceptors (Lipinski definition) is 1. The Balaban J connectivity index is 2.09. The predicted molar refractivity (Wildman–Crippen MR) is 91.7 cm³/mol. The summed E-state index contributed by atoms with van der Waals surface area (Å²) in [6, 6.07) is 24.2. The molecule has 0 spiro atoms. The maximum atomic E-state index is 4.36. The van der Waals surface area contributed by atoms with Gasteiger partial charge < -0.3 is 0 Å². The molecule has 0 aromatic heterocycles. The summed E-state index contributed by atoms with van der Waals surface area (Å²) in [7, 11) is 0. The molecule has 0 bridgehead atoms. The van der Waals surface area contributed by atoms with E-state index in [-0.39, 0.29) is 0 Å². The summed E-state index contributed by atoms with van der Waals surface area (Å²) < 4.78 is 0. The molecule has 0 atom stereocenters. The molecule has 4 aromatic carbocycles. The highest BCUT2D eigenvalue weighted by molar-refractivity contribution is 7.79. The van der Waals surface area contributed by atoms with Crippen molar-refractivity contribution in [3.63, 3.8) is 0 Å². The topological polar surface area (TPSA) is 0 Å². The Morgan fingerprint density at radius 3 is 1.65 bits per heavy atom. The zero-order chi connectivity index (χ0) is 13.5. The largest absolute Gasteiger partial charge is 0.175 e. The smallest absolute Gasteiger partial charge is 0.0154 e. The zero-order valence-electron chi connectivity index (χ0n) is 11.0. The van der Waals surface area contributed by atoms with E-state index in [4.69, 9.17) is 0 Å². The number of hydrogen-bond donors (Lipinski definition) is 1. The first-order valence-corrected chi connectivity index (χ1v) is 7.43. The van der Waals surface area contributed by atoms with Gasteiger partial charge in [-0.25, -0.2) is 0 Å². The third-order valence-electron chi connectivity index (χ3n) is 3.91. The molecule has 96 valence electrons. The van der Waals surface area contributed by atoms with Crippen LogP contribution in [0.4, 0.5) is 0 Å². The Bertz CT molecular complexity index is 938. The Morgan fingerprint density at radius 2 is 1.05 bits per heavy atom. The summed E-state index contributed by atoms with van der Waals surface area (Å²) in [5, 5.41) is 7.77. The predicted octanol–water partition coefficient (Wildman–Crippen LogP) is 5.58. The van der Waals surface area contributed by atoms with E-state index in [0.29, 0.717) is 0 Å². The molecule has 0 amide bonds. The minimum Gasteiger partial charge on any atom is -0.175 e. The third kappa shape index (κ3) is 1.86. The van der Waals surface area contributed by atoms with Crippen molar-refractivity contribution < 1.29 is 0 Å². The van der Waals surface area contributed by atoms with Crippen molar-refractivity contribution in [2.24, 2.45) is 0 Å². The lowest BCUT2D eigenvalue weighted by molar-refractivity contribution is 1.46. The average Bonchev–Trinajstić information content (AvgIpc) is 2.50. The van der Waals surface area contributed by atoms with E-state index in [1.807, 2.05) is 0 Å². The second-order valence-electron chi connectivity index (χ2n) is 5.24. The van der Waals surface area contributed by atoms with Crippen LogP contribution in [0.3, 0.4) is 0 Å². The van der Waals surface area contributed by atoms with Gasteiger partial charge in [-0.05, 0) is 62.1 Å². The Labute approximate surface area is 123 Å². The second kappa shape index (κ2) is 4.53. The van der Waals surface area contributed by atoms with E-state index in [1.54, 1.807) is 0 Å². The Morgan fingerprint density at radius 1 is 0.550 bits per heavy atom. The van der Waals surface area contributed by atoms with Gasteiger partial charge >= 0.3 is 0 Å². The maximum absolute atomic E-state index is 4.36. The van der Waals surface area contributed by atoms with Crippen LogP contribution in [-0.2, 0) is 5.75 Å². The number of fused-ring (bicyclic) bond motifs is 3. The highest BCUT2D eigenvalue weighted by Gasteiger charge is 2.01. The minimum atomic E-state index is 0.783. The molecule has 20 heavy (non-hydrogen) atoms. The van der Waals surface area contributed by atoms with Crippen LogP contribution in [0.15, 0.2) is 66.7 Å². The van der Waals surface area contributed by atoms with Gasteiger partial charge in [0, 0.05) is 5.75 Å². The molecule has 0 aliphatic heterocycles. The molecule has 0 unspecified atom stereocenters. The van der Waals surface area contributed by atoms with E-state index in [0.717, 1.165) is 5.75 Å². The first kappa shape index (κ1) is 11.8. The quantitative estimate of drug-likeness (QED) is 0.340. The fourth-order valence-corrected chi connectivity index (χ4v) is 3.04. The molecule has 0 radical (unpaired) electrons. The van der Waals surface area contributed by atoms with E-state index in [1.165, 1.54) is 37.9 Å². The first-order valence-electron chi connectivity index (χ1n) is 6.79. The van der Waals surface area contributed by atoms with Gasteiger partial charge in [-0.15, -0.1) is 0 Å². The molecular formula is C19H14S. The normalized spacial score (nSPS) is 11.4. The van der Waals surface area contributed by atoms with Gasteiger partial charge in [-0.1, -0.05) is 42.5 Å². The van der Waals surface area contributed by atoms with Gasteiger partial charge in [0.25, 0.3) is 0 Å². The van der Waals surface area contributed by atoms with Crippen LogP contribution < -0.4 is 0 Å². The third-order valence-corrected chi connectivity index (χ3v) is 4.27.